The van der Waals surface area contributed by atoms with Crippen molar-refractivity contribution in [2.75, 3.05) is 0 Å². The van der Waals surface area contributed by atoms with Crippen LogP contribution in [-0.4, -0.2) is 21.6 Å². The number of rotatable bonds is 6. The van der Waals surface area contributed by atoms with Crippen LogP contribution >= 0.6 is 15.9 Å². The quantitative estimate of drug-likeness (QED) is 0.421. The van der Waals surface area contributed by atoms with Gasteiger partial charge in [0.2, 0.25) is 0 Å². The van der Waals surface area contributed by atoms with Crippen LogP contribution in [0.3, 0.4) is 0 Å². The molecule has 7 nitrogen and oxygen atoms in total. The van der Waals surface area contributed by atoms with E-state index in [-0.39, 0.29) is 16.8 Å². The number of hydrogen-bond acceptors (Lipinski definition) is 4. The number of fused-ring (bicyclic) bond motifs is 1. The van der Waals surface area contributed by atoms with Gasteiger partial charge in [-0.1, -0.05) is 38.0 Å². The summed E-state index contributed by atoms with van der Waals surface area (Å²) in [6, 6.07) is 10.3. The van der Waals surface area contributed by atoms with Crippen molar-refractivity contribution in [1.82, 2.24) is 20.6 Å². The molecule has 3 aromatic rings. The third kappa shape index (κ3) is 4.73. The van der Waals surface area contributed by atoms with Crippen LogP contribution in [0.4, 0.5) is 4.39 Å². The van der Waals surface area contributed by atoms with E-state index in [1.54, 1.807) is 24.3 Å². The van der Waals surface area contributed by atoms with Crippen LogP contribution in [0.15, 0.2) is 51.7 Å². The summed E-state index contributed by atoms with van der Waals surface area (Å²) < 4.78 is 15.1. The summed E-state index contributed by atoms with van der Waals surface area (Å²) in [5.41, 5.74) is 4.31. The molecular formula is C21H20BrFN4O3. The Hall–Kier alpha value is -3.07. The normalized spacial score (nSPS) is 10.8. The molecule has 0 saturated heterocycles. The van der Waals surface area contributed by atoms with Crippen molar-refractivity contribution in [3.63, 3.8) is 0 Å². The van der Waals surface area contributed by atoms with Crippen LogP contribution in [-0.2, 0) is 6.54 Å². The fourth-order valence-corrected chi connectivity index (χ4v) is 3.40. The Morgan fingerprint density at radius 2 is 1.77 bits per heavy atom. The lowest BCUT2D eigenvalue weighted by molar-refractivity contribution is 0.0843. The smallest absolute Gasteiger partial charge is 0.267 e. The van der Waals surface area contributed by atoms with E-state index in [2.05, 4.69) is 38.8 Å². The number of aryl methyl sites for hydroxylation is 1. The van der Waals surface area contributed by atoms with Gasteiger partial charge in [0.15, 0.2) is 5.69 Å². The van der Waals surface area contributed by atoms with Gasteiger partial charge in [0.25, 0.3) is 17.4 Å². The maximum Gasteiger partial charge on any atom is 0.290 e. The molecular weight excluding hydrogens is 455 g/mol. The van der Waals surface area contributed by atoms with Crippen molar-refractivity contribution >= 4 is 38.5 Å². The second-order valence-corrected chi connectivity index (χ2v) is 7.52. The predicted octanol–water partition coefficient (Wildman–Crippen LogP) is 3.56. The highest BCUT2D eigenvalue weighted by atomic mass is 79.9. The number of nitrogens with one attached hydrogen (secondary N) is 2. The Balaban J connectivity index is 1.86. The monoisotopic (exact) mass is 474 g/mol. The molecule has 0 saturated carbocycles. The van der Waals surface area contributed by atoms with Crippen LogP contribution in [0.5, 0.6) is 0 Å². The minimum atomic E-state index is -0.699. The summed E-state index contributed by atoms with van der Waals surface area (Å²) in [7, 11) is 0. The third-order valence-corrected chi connectivity index (χ3v) is 5.21. The van der Waals surface area contributed by atoms with Crippen LogP contribution in [0.1, 0.15) is 47.0 Å². The number of amides is 2. The molecule has 0 bridgehead atoms. The highest BCUT2D eigenvalue weighted by Crippen LogP contribution is 2.17. The first kappa shape index (κ1) is 21.6. The Labute approximate surface area is 180 Å². The zero-order valence-electron chi connectivity index (χ0n) is 16.2. The molecule has 156 valence electrons. The predicted molar refractivity (Wildman–Crippen MR) is 115 cm³/mol. The van der Waals surface area contributed by atoms with Crippen molar-refractivity contribution in [3.05, 3.63) is 74.4 Å². The Kier molecular flexibility index (Phi) is 6.94. The van der Waals surface area contributed by atoms with E-state index in [1.165, 1.54) is 16.8 Å². The van der Waals surface area contributed by atoms with E-state index < -0.39 is 17.6 Å². The van der Waals surface area contributed by atoms with E-state index in [1.807, 2.05) is 0 Å². The van der Waals surface area contributed by atoms with Gasteiger partial charge >= 0.3 is 0 Å². The van der Waals surface area contributed by atoms with Crippen LogP contribution in [0.25, 0.3) is 10.8 Å². The topological polar surface area (TPSA) is 93.1 Å². The highest BCUT2D eigenvalue weighted by molar-refractivity contribution is 9.10. The molecule has 0 aliphatic rings. The molecule has 0 aliphatic carbocycles. The van der Waals surface area contributed by atoms with E-state index in [0.717, 1.165) is 25.3 Å². The van der Waals surface area contributed by atoms with Crippen molar-refractivity contribution in [3.8, 4) is 0 Å². The molecule has 30 heavy (non-hydrogen) atoms. The maximum absolute atomic E-state index is 13.4. The van der Waals surface area contributed by atoms with Gasteiger partial charge < -0.3 is 0 Å². The zero-order valence-corrected chi connectivity index (χ0v) is 17.8. The summed E-state index contributed by atoms with van der Waals surface area (Å²) in [6.07, 6.45) is 2.67. The standard InChI is InChI=1S/C21H20BrFN4O3/c1-2-3-6-11-27-21(30)15-8-5-4-7-14(15)18(26-27)20(29)25-24-19(28)16-12-13(23)9-10-17(16)22/h4-5,7-10,12H,2-3,6,11H2,1H3,(H,24,28)(H,25,29). The van der Waals surface area contributed by atoms with Gasteiger partial charge in [-0.05, 0) is 46.6 Å². The fourth-order valence-electron chi connectivity index (χ4n) is 2.98. The van der Waals surface area contributed by atoms with Gasteiger partial charge in [-0.25, -0.2) is 9.07 Å². The molecule has 0 unspecified atom stereocenters. The molecule has 1 aromatic heterocycles. The SMILES string of the molecule is CCCCCn1nc(C(=O)NNC(=O)c2cc(F)ccc2Br)c2ccccc2c1=O. The van der Waals surface area contributed by atoms with E-state index in [9.17, 15) is 18.8 Å². The van der Waals surface area contributed by atoms with Crippen molar-refractivity contribution < 1.29 is 14.0 Å². The number of hydrazine groups is 1. The molecule has 0 atom stereocenters. The summed E-state index contributed by atoms with van der Waals surface area (Å²) in [5, 5.41) is 4.98. The van der Waals surface area contributed by atoms with Crippen LogP contribution in [0, 0.1) is 5.82 Å². The highest BCUT2D eigenvalue weighted by Gasteiger charge is 2.18. The summed E-state index contributed by atoms with van der Waals surface area (Å²) in [4.78, 5) is 37.7. The van der Waals surface area contributed by atoms with Gasteiger partial charge in [0.05, 0.1) is 10.9 Å². The number of nitrogens with zero attached hydrogens (tertiary/aromatic N) is 2. The van der Waals surface area contributed by atoms with Gasteiger partial charge in [-0.3, -0.25) is 25.2 Å². The van der Waals surface area contributed by atoms with Crippen molar-refractivity contribution in [2.45, 2.75) is 32.7 Å². The average Bonchev–Trinajstić information content (AvgIpc) is 2.75. The largest absolute Gasteiger partial charge is 0.290 e. The number of carbonyl (C=O) groups is 2. The molecule has 2 aromatic carbocycles. The Morgan fingerprint density at radius 3 is 2.50 bits per heavy atom. The molecule has 0 fully saturated rings. The lowest BCUT2D eigenvalue weighted by Crippen LogP contribution is -2.43. The summed E-state index contributed by atoms with van der Waals surface area (Å²) in [6.45, 7) is 2.44. The molecule has 1 heterocycles. The van der Waals surface area contributed by atoms with Gasteiger partial charge in [0, 0.05) is 16.4 Å². The van der Waals surface area contributed by atoms with E-state index in [0.29, 0.717) is 21.8 Å². The number of aromatic nitrogens is 2. The first-order valence-electron chi connectivity index (χ1n) is 9.48. The Bertz CT molecular complexity index is 1160. The minimum Gasteiger partial charge on any atom is -0.267 e. The van der Waals surface area contributed by atoms with Gasteiger partial charge in [-0.2, -0.15) is 5.10 Å². The summed E-state index contributed by atoms with van der Waals surface area (Å²) >= 11 is 3.17. The third-order valence-electron chi connectivity index (χ3n) is 4.52. The minimum absolute atomic E-state index is 0.0142. The lowest BCUT2D eigenvalue weighted by Gasteiger charge is -2.12. The lowest BCUT2D eigenvalue weighted by atomic mass is 10.1. The van der Waals surface area contributed by atoms with Gasteiger partial charge in [-0.15, -0.1) is 0 Å². The first-order valence-corrected chi connectivity index (χ1v) is 10.3. The summed E-state index contributed by atoms with van der Waals surface area (Å²) in [5.74, 6) is -1.96. The maximum atomic E-state index is 13.4. The molecule has 3 rings (SSSR count). The number of unbranched alkanes of at least 4 members (excludes halogenated alkanes) is 2. The molecule has 0 spiro atoms. The van der Waals surface area contributed by atoms with E-state index in [4.69, 9.17) is 0 Å². The Morgan fingerprint density at radius 1 is 1.07 bits per heavy atom. The van der Waals surface area contributed by atoms with E-state index >= 15 is 0 Å². The van der Waals surface area contributed by atoms with Crippen molar-refractivity contribution in [2.24, 2.45) is 0 Å². The average molecular weight is 475 g/mol. The second kappa shape index (κ2) is 9.62. The van der Waals surface area contributed by atoms with Gasteiger partial charge in [0.1, 0.15) is 5.82 Å². The molecule has 0 aliphatic heterocycles. The molecule has 2 amide bonds. The van der Waals surface area contributed by atoms with Crippen molar-refractivity contribution in [1.29, 1.82) is 0 Å². The van der Waals surface area contributed by atoms with Crippen LogP contribution in [0.2, 0.25) is 0 Å². The fraction of sp³-hybridized carbons (Fsp3) is 0.238. The number of carbonyl (C=O) groups excluding carboxylic acids is 2. The van der Waals surface area contributed by atoms with Crippen LogP contribution < -0.4 is 16.4 Å². The first-order chi connectivity index (χ1) is 14.4. The molecule has 0 radical (unpaired) electrons. The second-order valence-electron chi connectivity index (χ2n) is 6.66. The number of halogens is 2. The number of benzene rings is 2. The number of hydrogen-bond donors (Lipinski definition) is 2. The molecule has 9 heteroatoms. The molecule has 2 N–H and O–H groups in total. The zero-order chi connectivity index (χ0) is 21.7.